The fourth-order valence-electron chi connectivity index (χ4n) is 11.1. The van der Waals surface area contributed by atoms with Crippen molar-refractivity contribution < 1.29 is 37.8 Å². The Morgan fingerprint density at radius 2 is 1.23 bits per heavy atom. The lowest BCUT2D eigenvalue weighted by molar-refractivity contribution is -0.137. The van der Waals surface area contributed by atoms with Gasteiger partial charge in [0.05, 0.1) is 11.1 Å². The Balaban J connectivity index is 0.000000277. The third-order valence-electron chi connectivity index (χ3n) is 14.9. The number of hydrogen-bond donors (Lipinski definition) is 2. The van der Waals surface area contributed by atoms with Gasteiger partial charge in [-0.3, -0.25) is 14.6 Å². The number of piperidine rings is 2. The van der Waals surface area contributed by atoms with E-state index in [9.17, 15) is 23.6 Å². The van der Waals surface area contributed by atoms with Crippen LogP contribution in [0.25, 0.3) is 0 Å². The Morgan fingerprint density at radius 3 is 1.65 bits per heavy atom. The Hall–Kier alpha value is -3.32. The third kappa shape index (κ3) is 12.3. The number of nitrogens with one attached hydrogen (secondary N) is 2. The van der Waals surface area contributed by atoms with E-state index in [0.717, 1.165) is 56.8 Å². The van der Waals surface area contributed by atoms with E-state index in [2.05, 4.69) is 24.5 Å². The lowest BCUT2D eigenvalue weighted by Crippen LogP contribution is -2.57. The molecule has 14 heteroatoms. The molecule has 0 spiro atoms. The summed E-state index contributed by atoms with van der Waals surface area (Å²) in [7, 11) is 0. The van der Waals surface area contributed by atoms with E-state index in [1.165, 1.54) is 76.3 Å². The standard InChI is InChI=1S/C31H46FN3O5.C17H30N2O2.ClH/c1-29(2,3)40-27(37)33-25(19-22-11-13-24(32)14-12-22)26(36)34-17-15-31(16-18-34,23-9-7-6-8-10-23)20-35-28(38)39-21-30(35,4)5;1-16(2)13-21-15(20)19(16)12-17(8-10-18-11-9-17)14-6-4-3-5-7-14;/h11-14,23,25H,6-10,15-21H2,1-5H3,(H,33,37);14,18H,3-13H2,1-2H3;1H/t25-;;/m1../s1. The first kappa shape index (κ1) is 49.7. The number of ether oxygens (including phenoxy) is 3. The predicted octanol–water partition coefficient (Wildman–Crippen LogP) is 9.27. The van der Waals surface area contributed by atoms with Gasteiger partial charge in [0, 0.05) is 32.6 Å². The average molecular weight is 891 g/mol. The van der Waals surface area contributed by atoms with Crippen molar-refractivity contribution in [2.24, 2.45) is 22.7 Å². The zero-order valence-electron chi connectivity index (χ0n) is 38.8. The lowest BCUT2D eigenvalue weighted by Gasteiger charge is -2.50. The molecule has 4 amide bonds. The molecule has 4 aliphatic heterocycles. The molecule has 2 saturated carbocycles. The zero-order valence-corrected chi connectivity index (χ0v) is 39.6. The molecule has 4 saturated heterocycles. The highest BCUT2D eigenvalue weighted by Gasteiger charge is 2.51. The summed E-state index contributed by atoms with van der Waals surface area (Å²) in [6.45, 7) is 19.4. The highest BCUT2D eigenvalue weighted by molar-refractivity contribution is 5.86. The first-order valence-electron chi connectivity index (χ1n) is 23.4. The van der Waals surface area contributed by atoms with Gasteiger partial charge in [-0.15, -0.1) is 12.4 Å². The van der Waals surface area contributed by atoms with Gasteiger partial charge in [0.25, 0.3) is 0 Å². The molecular weight excluding hydrogens is 813 g/mol. The Labute approximate surface area is 376 Å². The van der Waals surface area contributed by atoms with Crippen molar-refractivity contribution in [2.45, 2.75) is 167 Å². The minimum Gasteiger partial charge on any atom is -0.447 e. The Bertz CT molecular complexity index is 1660. The quantitative estimate of drug-likeness (QED) is 0.223. The van der Waals surface area contributed by atoms with Crippen molar-refractivity contribution in [1.29, 1.82) is 0 Å². The van der Waals surface area contributed by atoms with Gasteiger partial charge in [0.1, 0.15) is 30.7 Å². The molecule has 1 aromatic rings. The molecule has 1 aromatic carbocycles. The summed E-state index contributed by atoms with van der Waals surface area (Å²) in [4.78, 5) is 57.2. The van der Waals surface area contributed by atoms with Crippen molar-refractivity contribution >= 4 is 36.6 Å². The fourth-order valence-corrected chi connectivity index (χ4v) is 11.1. The summed E-state index contributed by atoms with van der Waals surface area (Å²) in [6.07, 6.45) is 16.0. The number of benzene rings is 1. The van der Waals surface area contributed by atoms with Crippen LogP contribution in [0.15, 0.2) is 24.3 Å². The number of cyclic esters (lactones) is 2. The molecular formula is C48H77ClFN5O7. The van der Waals surface area contributed by atoms with Crippen LogP contribution in [0.2, 0.25) is 0 Å². The molecule has 2 N–H and O–H groups in total. The van der Waals surface area contributed by atoms with Gasteiger partial charge in [0.2, 0.25) is 5.91 Å². The second-order valence-corrected chi connectivity index (χ2v) is 21.4. The number of halogens is 2. The summed E-state index contributed by atoms with van der Waals surface area (Å²) in [5.74, 6) is 0.760. The molecule has 7 rings (SSSR count). The highest BCUT2D eigenvalue weighted by atomic mass is 35.5. The summed E-state index contributed by atoms with van der Waals surface area (Å²) in [5, 5.41) is 6.28. The van der Waals surface area contributed by atoms with Gasteiger partial charge < -0.3 is 29.7 Å². The Morgan fingerprint density at radius 1 is 0.774 bits per heavy atom. The van der Waals surface area contributed by atoms with E-state index >= 15 is 0 Å². The molecule has 1 atom stereocenters. The van der Waals surface area contributed by atoms with Crippen LogP contribution in [0.3, 0.4) is 0 Å². The van der Waals surface area contributed by atoms with E-state index in [0.29, 0.717) is 44.2 Å². The van der Waals surface area contributed by atoms with Gasteiger partial charge in [-0.2, -0.15) is 0 Å². The van der Waals surface area contributed by atoms with Crippen LogP contribution in [-0.2, 0) is 25.4 Å². The molecule has 0 radical (unpaired) electrons. The van der Waals surface area contributed by atoms with Crippen LogP contribution in [-0.4, -0.2) is 114 Å². The van der Waals surface area contributed by atoms with Crippen molar-refractivity contribution in [3.63, 3.8) is 0 Å². The topological polar surface area (TPSA) is 130 Å². The first-order chi connectivity index (χ1) is 28.8. The van der Waals surface area contributed by atoms with Crippen LogP contribution in [0.5, 0.6) is 0 Å². The molecule has 6 fully saturated rings. The van der Waals surface area contributed by atoms with Crippen LogP contribution >= 0.6 is 12.4 Å². The number of amides is 4. The number of alkyl carbamates (subject to hydrolysis) is 1. The first-order valence-corrected chi connectivity index (χ1v) is 23.4. The molecule has 2 aliphatic carbocycles. The summed E-state index contributed by atoms with van der Waals surface area (Å²) in [6, 6.07) is 5.14. The van der Waals surface area contributed by atoms with E-state index in [1.807, 2.05) is 28.5 Å². The van der Waals surface area contributed by atoms with Crippen molar-refractivity contribution in [1.82, 2.24) is 25.3 Å². The Kier molecular flexibility index (Phi) is 16.6. The smallest absolute Gasteiger partial charge is 0.410 e. The molecule has 0 bridgehead atoms. The van der Waals surface area contributed by atoms with Gasteiger partial charge in [0.15, 0.2) is 0 Å². The summed E-state index contributed by atoms with van der Waals surface area (Å²) in [5.41, 5.74) is -0.232. The number of carbonyl (C=O) groups excluding carboxylic acids is 4. The van der Waals surface area contributed by atoms with Gasteiger partial charge in [-0.05, 0) is 153 Å². The molecule has 4 heterocycles. The van der Waals surface area contributed by atoms with E-state index in [-0.39, 0.29) is 59.2 Å². The second-order valence-electron chi connectivity index (χ2n) is 21.4. The zero-order chi connectivity index (χ0) is 44.1. The summed E-state index contributed by atoms with van der Waals surface area (Å²) >= 11 is 0. The molecule has 0 aromatic heterocycles. The second kappa shape index (κ2) is 20.7. The molecule has 12 nitrogen and oxygen atoms in total. The maximum Gasteiger partial charge on any atom is 0.410 e. The predicted molar refractivity (Wildman–Crippen MR) is 241 cm³/mol. The fraction of sp³-hybridized carbons (Fsp3) is 0.792. The monoisotopic (exact) mass is 890 g/mol. The van der Waals surface area contributed by atoms with E-state index in [4.69, 9.17) is 14.2 Å². The number of rotatable bonds is 10. The van der Waals surface area contributed by atoms with Crippen LogP contribution < -0.4 is 10.6 Å². The van der Waals surface area contributed by atoms with Gasteiger partial charge >= 0.3 is 18.3 Å². The van der Waals surface area contributed by atoms with Gasteiger partial charge in [-0.1, -0.05) is 50.7 Å². The largest absolute Gasteiger partial charge is 0.447 e. The van der Waals surface area contributed by atoms with Crippen molar-refractivity contribution in [3.8, 4) is 0 Å². The average Bonchev–Trinajstić information content (AvgIpc) is 3.64. The molecule has 0 unspecified atom stereocenters. The van der Waals surface area contributed by atoms with Gasteiger partial charge in [-0.25, -0.2) is 18.8 Å². The maximum absolute atomic E-state index is 13.9. The number of hydrogen-bond acceptors (Lipinski definition) is 8. The minimum atomic E-state index is -0.838. The van der Waals surface area contributed by atoms with Crippen LogP contribution in [0, 0.1) is 28.5 Å². The lowest BCUT2D eigenvalue weighted by atomic mass is 9.63. The number of carbonyl (C=O) groups is 4. The number of likely N-dealkylation sites (tertiary alicyclic amines) is 1. The molecule has 6 aliphatic rings. The van der Waals surface area contributed by atoms with Crippen LogP contribution in [0.4, 0.5) is 18.8 Å². The van der Waals surface area contributed by atoms with E-state index < -0.39 is 17.7 Å². The van der Waals surface area contributed by atoms with Crippen LogP contribution in [0.1, 0.15) is 144 Å². The summed E-state index contributed by atoms with van der Waals surface area (Å²) < 4.78 is 29.7. The van der Waals surface area contributed by atoms with Crippen molar-refractivity contribution in [3.05, 3.63) is 35.6 Å². The molecule has 62 heavy (non-hydrogen) atoms. The SMILES string of the molecule is CC(C)(C)OC(=O)N[C@H](Cc1ccc(F)cc1)C(=O)N1CCC(CN2C(=O)OCC2(C)C)(C2CCCCC2)CC1.CC1(C)COC(=O)N1CC1(C2CCCCC2)CCNCC1.Cl. The minimum absolute atomic E-state index is 0. The normalized spacial score (nSPS) is 24.2. The maximum atomic E-state index is 13.9. The third-order valence-corrected chi connectivity index (χ3v) is 14.9. The highest BCUT2D eigenvalue weighted by Crippen LogP contribution is 2.49. The van der Waals surface area contributed by atoms with Crippen molar-refractivity contribution in [2.75, 3.05) is 52.5 Å². The number of nitrogens with zero attached hydrogens (tertiary/aromatic N) is 3. The molecule has 350 valence electrons. The van der Waals surface area contributed by atoms with E-state index in [1.54, 1.807) is 32.9 Å².